The monoisotopic (exact) mass is 247 g/mol. The number of aliphatic hydroxyl groups excluding tert-OH is 1. The van der Waals surface area contributed by atoms with Crippen LogP contribution in [0.15, 0.2) is 0 Å². The maximum absolute atomic E-state index is 11.0. The van der Waals surface area contributed by atoms with Crippen molar-refractivity contribution in [3.05, 3.63) is 0 Å². The van der Waals surface area contributed by atoms with Crippen LogP contribution in [0.3, 0.4) is 0 Å². The molecular weight excluding hydrogens is 222 g/mol. The van der Waals surface area contributed by atoms with Gasteiger partial charge in [0.05, 0.1) is 25.4 Å². The van der Waals surface area contributed by atoms with Crippen LogP contribution in [0.2, 0.25) is 0 Å². The molecule has 0 spiro atoms. The minimum atomic E-state index is -0.500. The van der Waals surface area contributed by atoms with Gasteiger partial charge in [-0.05, 0) is 33.7 Å². The molecule has 5 heteroatoms. The normalized spacial score (nSPS) is 12.8. The summed E-state index contributed by atoms with van der Waals surface area (Å²) in [6.07, 6.45) is 0.768. The van der Waals surface area contributed by atoms with Crippen molar-refractivity contribution in [3.63, 3.8) is 0 Å². The van der Waals surface area contributed by atoms with Crippen molar-refractivity contribution < 1.29 is 19.4 Å². The van der Waals surface area contributed by atoms with Gasteiger partial charge in [0.25, 0.3) is 0 Å². The fourth-order valence-electron chi connectivity index (χ4n) is 1.22. The number of hydrogen-bond donors (Lipinski definition) is 2. The Morgan fingerprint density at radius 2 is 2.12 bits per heavy atom. The minimum Gasteiger partial charge on any atom is -0.466 e. The summed E-state index contributed by atoms with van der Waals surface area (Å²) >= 11 is 0. The zero-order valence-electron chi connectivity index (χ0n) is 11.1. The fraction of sp³-hybridized carbons (Fsp3) is 0.917. The number of ether oxygens (including phenoxy) is 2. The van der Waals surface area contributed by atoms with E-state index >= 15 is 0 Å². The van der Waals surface area contributed by atoms with Crippen LogP contribution in [-0.2, 0) is 14.3 Å². The maximum Gasteiger partial charge on any atom is 0.305 e. The number of aliphatic hydroxyl groups is 1. The molecule has 0 aromatic heterocycles. The van der Waals surface area contributed by atoms with Crippen molar-refractivity contribution in [2.24, 2.45) is 0 Å². The molecule has 5 nitrogen and oxygen atoms in total. The highest BCUT2D eigenvalue weighted by atomic mass is 16.5. The highest BCUT2D eigenvalue weighted by molar-refractivity contribution is 5.69. The SMILES string of the molecule is CCOC(=O)CCCNCC(O)COC(C)C. The van der Waals surface area contributed by atoms with E-state index in [-0.39, 0.29) is 12.1 Å². The largest absolute Gasteiger partial charge is 0.466 e. The van der Waals surface area contributed by atoms with E-state index in [0.29, 0.717) is 32.7 Å². The molecule has 0 saturated heterocycles. The maximum atomic E-state index is 11.0. The van der Waals surface area contributed by atoms with Crippen molar-refractivity contribution in [1.82, 2.24) is 5.32 Å². The second-order valence-electron chi connectivity index (χ2n) is 4.15. The number of carbonyl (C=O) groups is 1. The topological polar surface area (TPSA) is 67.8 Å². The van der Waals surface area contributed by atoms with E-state index in [1.54, 1.807) is 6.92 Å². The Hall–Kier alpha value is -0.650. The van der Waals surface area contributed by atoms with E-state index in [9.17, 15) is 9.90 Å². The Labute approximate surface area is 103 Å². The first-order valence-electron chi connectivity index (χ1n) is 6.22. The van der Waals surface area contributed by atoms with Gasteiger partial charge in [0.15, 0.2) is 0 Å². The average molecular weight is 247 g/mol. The van der Waals surface area contributed by atoms with E-state index in [2.05, 4.69) is 5.32 Å². The molecule has 0 rings (SSSR count). The molecule has 0 aromatic rings. The summed E-state index contributed by atoms with van der Waals surface area (Å²) in [5.41, 5.74) is 0. The van der Waals surface area contributed by atoms with Crippen LogP contribution in [0.4, 0.5) is 0 Å². The lowest BCUT2D eigenvalue weighted by molar-refractivity contribution is -0.143. The molecule has 0 fully saturated rings. The zero-order valence-corrected chi connectivity index (χ0v) is 11.1. The van der Waals surface area contributed by atoms with Gasteiger partial charge in [0.2, 0.25) is 0 Å². The number of hydrogen-bond acceptors (Lipinski definition) is 5. The third-order valence-corrected chi connectivity index (χ3v) is 2.04. The summed E-state index contributed by atoms with van der Waals surface area (Å²) in [6, 6.07) is 0. The smallest absolute Gasteiger partial charge is 0.305 e. The molecule has 102 valence electrons. The molecule has 0 aromatic carbocycles. The van der Waals surface area contributed by atoms with E-state index < -0.39 is 6.10 Å². The van der Waals surface area contributed by atoms with E-state index in [1.165, 1.54) is 0 Å². The lowest BCUT2D eigenvalue weighted by atomic mass is 10.3. The van der Waals surface area contributed by atoms with Crippen molar-refractivity contribution in [2.45, 2.75) is 45.8 Å². The zero-order chi connectivity index (χ0) is 13.1. The van der Waals surface area contributed by atoms with Crippen LogP contribution >= 0.6 is 0 Å². The summed E-state index contributed by atoms with van der Waals surface area (Å²) in [4.78, 5) is 11.0. The van der Waals surface area contributed by atoms with E-state index in [4.69, 9.17) is 9.47 Å². The molecule has 0 aliphatic heterocycles. The fourth-order valence-corrected chi connectivity index (χ4v) is 1.22. The Morgan fingerprint density at radius 1 is 1.41 bits per heavy atom. The summed E-state index contributed by atoms with van der Waals surface area (Å²) in [5, 5.41) is 12.6. The van der Waals surface area contributed by atoms with Gasteiger partial charge < -0.3 is 19.9 Å². The van der Waals surface area contributed by atoms with Gasteiger partial charge in [-0.25, -0.2) is 0 Å². The molecule has 0 heterocycles. The molecule has 17 heavy (non-hydrogen) atoms. The molecular formula is C12H25NO4. The Morgan fingerprint density at radius 3 is 2.71 bits per heavy atom. The van der Waals surface area contributed by atoms with Gasteiger partial charge in [-0.15, -0.1) is 0 Å². The van der Waals surface area contributed by atoms with E-state index in [1.807, 2.05) is 13.8 Å². The molecule has 0 aliphatic carbocycles. The molecule has 1 atom stereocenters. The van der Waals surface area contributed by atoms with Crippen LogP contribution < -0.4 is 5.32 Å². The van der Waals surface area contributed by atoms with Crippen LogP contribution in [0.1, 0.15) is 33.6 Å². The highest BCUT2D eigenvalue weighted by Crippen LogP contribution is 1.93. The summed E-state index contributed by atoms with van der Waals surface area (Å²) in [5.74, 6) is -0.169. The third-order valence-electron chi connectivity index (χ3n) is 2.04. The molecule has 2 N–H and O–H groups in total. The van der Waals surface area contributed by atoms with Gasteiger partial charge in [-0.3, -0.25) is 4.79 Å². The standard InChI is InChI=1S/C12H25NO4/c1-4-16-12(15)6-5-7-13-8-11(14)9-17-10(2)3/h10-11,13-14H,4-9H2,1-3H3. The molecule has 0 saturated carbocycles. The Bertz CT molecular complexity index is 197. The lowest BCUT2D eigenvalue weighted by Crippen LogP contribution is -2.32. The van der Waals surface area contributed by atoms with Gasteiger partial charge in [-0.1, -0.05) is 0 Å². The number of esters is 1. The molecule has 0 bridgehead atoms. The summed E-state index contributed by atoms with van der Waals surface area (Å²) in [6.45, 7) is 7.59. The van der Waals surface area contributed by atoms with Crippen molar-refractivity contribution in [2.75, 3.05) is 26.3 Å². The van der Waals surface area contributed by atoms with Crippen molar-refractivity contribution in [3.8, 4) is 0 Å². The van der Waals surface area contributed by atoms with Gasteiger partial charge in [-0.2, -0.15) is 0 Å². The first-order valence-corrected chi connectivity index (χ1v) is 6.22. The van der Waals surface area contributed by atoms with Crippen LogP contribution in [0.25, 0.3) is 0 Å². The Kier molecular flexibility index (Phi) is 10.1. The van der Waals surface area contributed by atoms with Crippen LogP contribution in [0.5, 0.6) is 0 Å². The lowest BCUT2D eigenvalue weighted by Gasteiger charge is -2.14. The first-order chi connectivity index (χ1) is 8.06. The van der Waals surface area contributed by atoms with Crippen molar-refractivity contribution >= 4 is 5.97 Å². The molecule has 0 aliphatic rings. The van der Waals surface area contributed by atoms with E-state index in [0.717, 1.165) is 6.42 Å². The number of rotatable bonds is 10. The quantitative estimate of drug-likeness (QED) is 0.439. The van der Waals surface area contributed by atoms with Gasteiger partial charge in [0, 0.05) is 13.0 Å². The molecule has 0 amide bonds. The van der Waals surface area contributed by atoms with Crippen LogP contribution in [-0.4, -0.2) is 49.6 Å². The summed E-state index contributed by atoms with van der Waals surface area (Å²) in [7, 11) is 0. The highest BCUT2D eigenvalue weighted by Gasteiger charge is 2.05. The minimum absolute atomic E-state index is 0.133. The Balaban J connectivity index is 3.30. The second kappa shape index (κ2) is 10.5. The molecule has 1 unspecified atom stereocenters. The first kappa shape index (κ1) is 16.4. The van der Waals surface area contributed by atoms with Crippen molar-refractivity contribution in [1.29, 1.82) is 0 Å². The molecule has 0 radical (unpaired) electrons. The van der Waals surface area contributed by atoms with Crippen LogP contribution in [0, 0.1) is 0 Å². The van der Waals surface area contributed by atoms with Gasteiger partial charge >= 0.3 is 5.97 Å². The predicted molar refractivity (Wildman–Crippen MR) is 65.8 cm³/mol. The number of nitrogens with one attached hydrogen (secondary N) is 1. The summed E-state index contributed by atoms with van der Waals surface area (Å²) < 4.78 is 10.1. The number of carbonyl (C=O) groups excluding carboxylic acids is 1. The second-order valence-corrected chi connectivity index (χ2v) is 4.15. The van der Waals surface area contributed by atoms with Gasteiger partial charge in [0.1, 0.15) is 0 Å². The predicted octanol–water partition coefficient (Wildman–Crippen LogP) is 0.705. The third kappa shape index (κ3) is 11.6. The average Bonchev–Trinajstić information content (AvgIpc) is 2.26.